The highest BCUT2D eigenvalue weighted by Crippen LogP contribution is 2.24. The molecule has 0 aliphatic carbocycles. The van der Waals surface area contributed by atoms with Gasteiger partial charge in [0.25, 0.3) is 0 Å². The van der Waals surface area contributed by atoms with Gasteiger partial charge in [-0.15, -0.1) is 0 Å². The Morgan fingerprint density at radius 2 is 2.07 bits per heavy atom. The number of aryl methyl sites for hydroxylation is 1. The van der Waals surface area contributed by atoms with Crippen LogP contribution in [-0.2, 0) is 0 Å². The maximum Gasteiger partial charge on any atom is 0.155 e. The number of aromatic nitrogens is 2. The lowest BCUT2D eigenvalue weighted by Crippen LogP contribution is -1.99. The van der Waals surface area contributed by atoms with Gasteiger partial charge in [0.05, 0.1) is 5.52 Å². The van der Waals surface area contributed by atoms with Gasteiger partial charge in [0.15, 0.2) is 5.15 Å². The third kappa shape index (κ3) is 1.30. The summed E-state index contributed by atoms with van der Waals surface area (Å²) in [5, 5.41) is 0.595. The molecule has 2 heterocycles. The molecule has 2 aromatic rings. The summed E-state index contributed by atoms with van der Waals surface area (Å²) in [4.78, 5) is 4.38. The minimum absolute atomic E-state index is 0.385. The largest absolute Gasteiger partial charge is 0.299 e. The minimum Gasteiger partial charge on any atom is -0.299 e. The number of pyridine rings is 1. The van der Waals surface area contributed by atoms with Gasteiger partial charge >= 0.3 is 0 Å². The second-order valence-corrected chi connectivity index (χ2v) is 4.16. The number of rotatable bonds is 1. The molecule has 0 aliphatic rings. The third-order valence-electron chi connectivity index (χ3n) is 2.35. The van der Waals surface area contributed by atoms with Crippen molar-refractivity contribution < 1.29 is 0 Å². The molecule has 14 heavy (non-hydrogen) atoms. The second kappa shape index (κ2) is 3.28. The van der Waals surface area contributed by atoms with Crippen LogP contribution in [0.3, 0.4) is 0 Å². The van der Waals surface area contributed by atoms with Crippen molar-refractivity contribution in [3.05, 3.63) is 34.9 Å². The molecule has 0 aromatic carbocycles. The van der Waals surface area contributed by atoms with E-state index in [0.717, 1.165) is 11.3 Å². The monoisotopic (exact) mass is 208 g/mol. The van der Waals surface area contributed by atoms with Crippen LogP contribution >= 0.6 is 11.6 Å². The Bertz CT molecular complexity index is 471. The second-order valence-electron chi connectivity index (χ2n) is 3.80. The average molecular weight is 209 g/mol. The van der Waals surface area contributed by atoms with E-state index in [-0.39, 0.29) is 0 Å². The summed E-state index contributed by atoms with van der Waals surface area (Å²) in [6.45, 7) is 6.31. The van der Waals surface area contributed by atoms with E-state index in [1.54, 1.807) is 0 Å². The fraction of sp³-hybridized carbons (Fsp3) is 0.364. The first-order chi connectivity index (χ1) is 6.61. The molecular formula is C11H13ClN2. The van der Waals surface area contributed by atoms with Crippen molar-refractivity contribution in [3.63, 3.8) is 0 Å². The molecule has 74 valence electrons. The molecule has 2 aromatic heterocycles. The first-order valence-corrected chi connectivity index (χ1v) is 5.12. The number of halogens is 1. The molecule has 0 spiro atoms. The number of imidazole rings is 1. The van der Waals surface area contributed by atoms with Crippen LogP contribution in [0.25, 0.3) is 5.52 Å². The Morgan fingerprint density at radius 3 is 2.71 bits per heavy atom. The highest BCUT2D eigenvalue weighted by molar-refractivity contribution is 6.32. The first-order valence-electron chi connectivity index (χ1n) is 4.74. The van der Waals surface area contributed by atoms with E-state index >= 15 is 0 Å². The van der Waals surface area contributed by atoms with Gasteiger partial charge in [-0.05, 0) is 19.1 Å². The van der Waals surface area contributed by atoms with Crippen molar-refractivity contribution >= 4 is 17.1 Å². The number of hydrogen-bond donors (Lipinski definition) is 0. The van der Waals surface area contributed by atoms with Crippen molar-refractivity contribution in [2.45, 2.75) is 26.7 Å². The molecule has 0 saturated heterocycles. The van der Waals surface area contributed by atoms with Crippen LogP contribution in [0, 0.1) is 6.92 Å². The molecule has 0 amide bonds. The lowest BCUT2D eigenvalue weighted by Gasteiger charge is -2.06. The lowest BCUT2D eigenvalue weighted by atomic mass is 10.2. The lowest BCUT2D eigenvalue weighted by molar-refractivity contribution is 0.762. The van der Waals surface area contributed by atoms with Gasteiger partial charge in [-0.1, -0.05) is 31.5 Å². The molecule has 0 bridgehead atoms. The predicted octanol–water partition coefficient (Wildman–Crippen LogP) is 3.42. The number of hydrogen-bond acceptors (Lipinski definition) is 1. The summed E-state index contributed by atoms with van der Waals surface area (Å²) in [5.74, 6) is 1.42. The van der Waals surface area contributed by atoms with E-state index in [2.05, 4.69) is 36.2 Å². The Kier molecular flexibility index (Phi) is 2.23. The van der Waals surface area contributed by atoms with Gasteiger partial charge < -0.3 is 0 Å². The smallest absolute Gasteiger partial charge is 0.155 e. The summed E-state index contributed by atoms with van der Waals surface area (Å²) in [7, 11) is 0. The fourth-order valence-corrected chi connectivity index (χ4v) is 1.91. The summed E-state index contributed by atoms with van der Waals surface area (Å²) in [6.07, 6.45) is 0. The topological polar surface area (TPSA) is 17.3 Å². The molecule has 0 saturated carbocycles. The standard InChI is InChI=1S/C11H13ClN2/c1-7(2)11-13-10(12)9-6-4-5-8(3)14(9)11/h4-7H,1-3H3. The highest BCUT2D eigenvalue weighted by Gasteiger charge is 2.12. The Hall–Kier alpha value is -1.02. The molecule has 3 heteroatoms. The molecule has 2 rings (SSSR count). The Morgan fingerprint density at radius 1 is 1.36 bits per heavy atom. The van der Waals surface area contributed by atoms with Crippen LogP contribution < -0.4 is 0 Å². The van der Waals surface area contributed by atoms with Crippen LogP contribution in [0.5, 0.6) is 0 Å². The van der Waals surface area contributed by atoms with Gasteiger partial charge in [0.1, 0.15) is 5.82 Å². The van der Waals surface area contributed by atoms with Crippen LogP contribution in [0.1, 0.15) is 31.3 Å². The molecule has 2 nitrogen and oxygen atoms in total. The minimum atomic E-state index is 0.385. The summed E-state index contributed by atoms with van der Waals surface area (Å²) < 4.78 is 2.12. The highest BCUT2D eigenvalue weighted by atomic mass is 35.5. The van der Waals surface area contributed by atoms with Crippen LogP contribution in [0.4, 0.5) is 0 Å². The van der Waals surface area contributed by atoms with Gasteiger partial charge in [0, 0.05) is 11.6 Å². The van der Waals surface area contributed by atoms with Gasteiger partial charge in [-0.2, -0.15) is 0 Å². The summed E-state index contributed by atoms with van der Waals surface area (Å²) >= 11 is 6.06. The van der Waals surface area contributed by atoms with Gasteiger partial charge in [-0.3, -0.25) is 4.40 Å². The number of nitrogens with zero attached hydrogens (tertiary/aromatic N) is 2. The molecule has 0 fully saturated rings. The maximum absolute atomic E-state index is 6.06. The molecule has 0 N–H and O–H groups in total. The van der Waals surface area contributed by atoms with Gasteiger partial charge in [0.2, 0.25) is 0 Å². The summed E-state index contributed by atoms with van der Waals surface area (Å²) in [6, 6.07) is 6.06. The SMILES string of the molecule is Cc1cccc2c(Cl)nc(C(C)C)n12. The fourth-order valence-electron chi connectivity index (χ4n) is 1.68. The van der Waals surface area contributed by atoms with E-state index in [0.29, 0.717) is 11.1 Å². The van der Waals surface area contributed by atoms with Crippen LogP contribution in [0.2, 0.25) is 5.15 Å². The Balaban J connectivity index is 2.86. The van der Waals surface area contributed by atoms with Crippen molar-refractivity contribution in [1.82, 2.24) is 9.38 Å². The van der Waals surface area contributed by atoms with Crippen LogP contribution in [0.15, 0.2) is 18.2 Å². The third-order valence-corrected chi connectivity index (χ3v) is 2.63. The first kappa shape index (κ1) is 9.53. The van der Waals surface area contributed by atoms with E-state index in [9.17, 15) is 0 Å². The zero-order valence-corrected chi connectivity index (χ0v) is 9.34. The number of fused-ring (bicyclic) bond motifs is 1. The normalized spacial score (nSPS) is 11.5. The van der Waals surface area contributed by atoms with E-state index in [1.165, 1.54) is 5.69 Å². The van der Waals surface area contributed by atoms with E-state index < -0.39 is 0 Å². The predicted molar refractivity (Wildman–Crippen MR) is 59.0 cm³/mol. The van der Waals surface area contributed by atoms with Crippen molar-refractivity contribution in [2.75, 3.05) is 0 Å². The van der Waals surface area contributed by atoms with Crippen molar-refractivity contribution in [3.8, 4) is 0 Å². The van der Waals surface area contributed by atoms with E-state index in [4.69, 9.17) is 11.6 Å². The zero-order valence-electron chi connectivity index (χ0n) is 8.58. The van der Waals surface area contributed by atoms with Gasteiger partial charge in [-0.25, -0.2) is 4.98 Å². The Labute approximate surface area is 88.5 Å². The van der Waals surface area contributed by atoms with Crippen molar-refractivity contribution in [2.24, 2.45) is 0 Å². The molecule has 0 atom stereocenters. The molecular weight excluding hydrogens is 196 g/mol. The van der Waals surface area contributed by atoms with Crippen LogP contribution in [-0.4, -0.2) is 9.38 Å². The average Bonchev–Trinajstić information content (AvgIpc) is 2.46. The summed E-state index contributed by atoms with van der Waals surface area (Å²) in [5.41, 5.74) is 2.17. The quantitative estimate of drug-likeness (QED) is 0.702. The molecule has 0 unspecified atom stereocenters. The molecule has 0 radical (unpaired) electrons. The molecule has 0 aliphatic heterocycles. The maximum atomic E-state index is 6.06. The zero-order chi connectivity index (χ0) is 10.3. The van der Waals surface area contributed by atoms with Crippen molar-refractivity contribution in [1.29, 1.82) is 0 Å². The van der Waals surface area contributed by atoms with E-state index in [1.807, 2.05) is 12.1 Å².